The highest BCUT2D eigenvalue weighted by molar-refractivity contribution is 5.77. The van der Waals surface area contributed by atoms with Gasteiger partial charge in [-0.15, -0.1) is 0 Å². The Morgan fingerprint density at radius 1 is 1.42 bits per heavy atom. The van der Waals surface area contributed by atoms with Crippen LogP contribution < -0.4 is 5.73 Å². The van der Waals surface area contributed by atoms with Crippen molar-refractivity contribution in [2.75, 3.05) is 0 Å². The third-order valence-electron chi connectivity index (χ3n) is 2.81. The van der Waals surface area contributed by atoms with E-state index in [1.54, 1.807) is 6.92 Å². The van der Waals surface area contributed by atoms with E-state index in [9.17, 15) is 13.2 Å². The summed E-state index contributed by atoms with van der Waals surface area (Å²) in [5.74, 6) is -3.88. The number of nitriles is 1. The maximum atomic E-state index is 13.6. The predicted octanol–water partition coefficient (Wildman–Crippen LogP) is 2.00. The van der Waals surface area contributed by atoms with Gasteiger partial charge in [-0.05, 0) is 13.8 Å². The van der Waals surface area contributed by atoms with E-state index in [1.165, 1.54) is 11.5 Å². The number of hydrogen-bond acceptors (Lipinski definition) is 3. The molecule has 1 aromatic carbocycles. The van der Waals surface area contributed by atoms with Gasteiger partial charge in [-0.1, -0.05) is 0 Å². The quantitative estimate of drug-likeness (QED) is 0.847. The van der Waals surface area contributed by atoms with Gasteiger partial charge >= 0.3 is 0 Å². The number of imidazole rings is 1. The minimum atomic E-state index is -1.56. The Morgan fingerprint density at radius 3 is 2.63 bits per heavy atom. The number of hydrogen-bond donors (Lipinski definition) is 1. The summed E-state index contributed by atoms with van der Waals surface area (Å²) in [4.78, 5) is 3.85. The van der Waals surface area contributed by atoms with Crippen LogP contribution in [0.1, 0.15) is 12.7 Å². The third-order valence-corrected chi connectivity index (χ3v) is 2.81. The Morgan fingerprint density at radius 2 is 2.05 bits per heavy atom. The van der Waals surface area contributed by atoms with Crippen molar-refractivity contribution < 1.29 is 13.2 Å². The number of halogens is 3. The molecule has 2 rings (SSSR count). The average molecular weight is 268 g/mol. The average Bonchev–Trinajstić information content (AvgIpc) is 2.64. The molecule has 4 nitrogen and oxygen atoms in total. The van der Waals surface area contributed by atoms with Gasteiger partial charge in [-0.3, -0.25) is 0 Å². The van der Waals surface area contributed by atoms with E-state index in [0.29, 0.717) is 5.82 Å². The zero-order valence-corrected chi connectivity index (χ0v) is 10.3. The fraction of sp³-hybridized carbons (Fsp3) is 0.333. The lowest BCUT2D eigenvalue weighted by atomic mass is 10.1. The van der Waals surface area contributed by atoms with Crippen LogP contribution in [0.5, 0.6) is 0 Å². The fourth-order valence-corrected chi connectivity index (χ4v) is 1.84. The van der Waals surface area contributed by atoms with E-state index in [4.69, 9.17) is 11.0 Å². The monoisotopic (exact) mass is 268 g/mol. The smallest absolute Gasteiger partial charge is 0.196 e. The molecule has 2 aromatic rings. The van der Waals surface area contributed by atoms with Crippen molar-refractivity contribution in [3.8, 4) is 6.07 Å². The molecule has 2 N–H and O–H groups in total. The maximum Gasteiger partial charge on any atom is 0.196 e. The number of aromatic nitrogens is 2. The van der Waals surface area contributed by atoms with Gasteiger partial charge in [-0.25, -0.2) is 18.2 Å². The Hall–Kier alpha value is -2.07. The van der Waals surface area contributed by atoms with Gasteiger partial charge in [0.05, 0.1) is 18.1 Å². The van der Waals surface area contributed by atoms with E-state index >= 15 is 0 Å². The summed E-state index contributed by atoms with van der Waals surface area (Å²) in [5.41, 5.74) is 4.28. The first-order chi connectivity index (χ1) is 8.76. The van der Waals surface area contributed by atoms with Crippen LogP contribution in [0.3, 0.4) is 0 Å². The van der Waals surface area contributed by atoms with Crippen LogP contribution in [-0.4, -0.2) is 15.1 Å². The molecule has 0 spiro atoms. The van der Waals surface area contributed by atoms with Crippen molar-refractivity contribution in [1.29, 1.82) is 5.26 Å². The topological polar surface area (TPSA) is 67.6 Å². The molecule has 0 radical (unpaired) electrons. The predicted molar refractivity (Wildman–Crippen MR) is 62.5 cm³/mol. The molecule has 1 unspecified atom stereocenters. The van der Waals surface area contributed by atoms with Crippen molar-refractivity contribution in [2.24, 2.45) is 5.73 Å². The van der Waals surface area contributed by atoms with Crippen molar-refractivity contribution in [2.45, 2.75) is 25.9 Å². The summed E-state index contributed by atoms with van der Waals surface area (Å²) in [7, 11) is 0. The van der Waals surface area contributed by atoms with Gasteiger partial charge in [0, 0.05) is 6.07 Å². The summed E-state index contributed by atoms with van der Waals surface area (Å²) >= 11 is 0. The normalized spacial score (nSPS) is 14.4. The molecular weight excluding hydrogens is 257 g/mol. The highest BCUT2D eigenvalue weighted by atomic mass is 19.2. The molecule has 0 amide bonds. The van der Waals surface area contributed by atoms with Gasteiger partial charge in [0.25, 0.3) is 0 Å². The molecule has 1 heterocycles. The third kappa shape index (κ3) is 2.15. The van der Waals surface area contributed by atoms with Crippen molar-refractivity contribution in [1.82, 2.24) is 9.55 Å². The molecule has 0 bridgehead atoms. The number of fused-ring (bicyclic) bond motifs is 1. The van der Waals surface area contributed by atoms with E-state index in [2.05, 4.69) is 4.98 Å². The lowest BCUT2D eigenvalue weighted by Gasteiger charge is -2.17. The Bertz CT molecular complexity index is 697. The molecular formula is C12H11F3N4. The largest absolute Gasteiger partial charge is 0.325 e. The minimum absolute atomic E-state index is 0.00363. The van der Waals surface area contributed by atoms with Crippen LogP contribution in [0.25, 0.3) is 11.0 Å². The number of aryl methyl sites for hydroxylation is 1. The van der Waals surface area contributed by atoms with Crippen LogP contribution in [0.2, 0.25) is 0 Å². The lowest BCUT2D eigenvalue weighted by molar-refractivity contribution is 0.451. The lowest BCUT2D eigenvalue weighted by Crippen LogP contribution is -2.39. The molecule has 1 aromatic heterocycles. The standard InChI is InChI=1S/C12H11F3N4/c1-6-18-11-8(3-7(13)9(14)10(11)15)19(6)5-12(2,17)4-16/h3H,5,17H2,1-2H3. The molecule has 0 aliphatic carbocycles. The van der Waals surface area contributed by atoms with Gasteiger partial charge in [0.15, 0.2) is 17.5 Å². The van der Waals surface area contributed by atoms with Crippen LogP contribution in [0.4, 0.5) is 13.2 Å². The SMILES string of the molecule is Cc1nc2c(F)c(F)c(F)cc2n1CC(C)(N)C#N. The van der Waals surface area contributed by atoms with Crippen molar-refractivity contribution in [3.05, 3.63) is 29.3 Å². The molecule has 100 valence electrons. The number of rotatable bonds is 2. The van der Waals surface area contributed by atoms with Crippen LogP contribution in [0, 0.1) is 35.7 Å². The zero-order chi connectivity index (χ0) is 14.4. The summed E-state index contributed by atoms with van der Waals surface area (Å²) < 4.78 is 41.4. The summed E-state index contributed by atoms with van der Waals surface area (Å²) in [6.07, 6.45) is 0. The van der Waals surface area contributed by atoms with Crippen molar-refractivity contribution in [3.63, 3.8) is 0 Å². The maximum absolute atomic E-state index is 13.6. The second kappa shape index (κ2) is 4.24. The summed E-state index contributed by atoms with van der Waals surface area (Å²) in [6.45, 7) is 3.02. The van der Waals surface area contributed by atoms with Gasteiger partial charge < -0.3 is 10.3 Å². The van der Waals surface area contributed by atoms with Gasteiger partial charge in [0.1, 0.15) is 16.9 Å². The Kier molecular flexibility index (Phi) is 2.98. The minimum Gasteiger partial charge on any atom is -0.325 e. The van der Waals surface area contributed by atoms with E-state index in [-0.39, 0.29) is 17.6 Å². The summed E-state index contributed by atoms with van der Waals surface area (Å²) in [5, 5.41) is 8.89. The van der Waals surface area contributed by atoms with E-state index < -0.39 is 23.0 Å². The highest BCUT2D eigenvalue weighted by Crippen LogP contribution is 2.24. The number of nitrogens with zero attached hydrogens (tertiary/aromatic N) is 3. The Labute approximate surface area is 107 Å². The van der Waals surface area contributed by atoms with Gasteiger partial charge in [0.2, 0.25) is 0 Å². The highest BCUT2D eigenvalue weighted by Gasteiger charge is 2.24. The van der Waals surface area contributed by atoms with Gasteiger partial charge in [-0.2, -0.15) is 5.26 Å². The molecule has 19 heavy (non-hydrogen) atoms. The van der Waals surface area contributed by atoms with Crippen LogP contribution in [0.15, 0.2) is 6.07 Å². The molecule has 0 aliphatic rings. The first-order valence-corrected chi connectivity index (χ1v) is 5.47. The second-order valence-electron chi connectivity index (χ2n) is 4.63. The van der Waals surface area contributed by atoms with Crippen LogP contribution in [-0.2, 0) is 6.54 Å². The molecule has 7 heteroatoms. The molecule has 0 saturated carbocycles. The fourth-order valence-electron chi connectivity index (χ4n) is 1.84. The zero-order valence-electron chi connectivity index (χ0n) is 10.3. The summed E-state index contributed by atoms with van der Waals surface area (Å²) in [6, 6.07) is 2.73. The van der Waals surface area contributed by atoms with E-state index in [0.717, 1.165) is 6.07 Å². The first kappa shape index (κ1) is 13.4. The first-order valence-electron chi connectivity index (χ1n) is 5.47. The Balaban J connectivity index is 2.70. The number of benzene rings is 1. The molecule has 0 fully saturated rings. The van der Waals surface area contributed by atoms with Crippen LogP contribution >= 0.6 is 0 Å². The second-order valence-corrected chi connectivity index (χ2v) is 4.63. The number of nitrogens with two attached hydrogens (primary N) is 1. The van der Waals surface area contributed by atoms with Crippen molar-refractivity contribution >= 4 is 11.0 Å². The van der Waals surface area contributed by atoms with E-state index in [1.807, 2.05) is 6.07 Å². The molecule has 0 aliphatic heterocycles. The molecule has 1 atom stereocenters. The molecule has 0 saturated heterocycles.